The van der Waals surface area contributed by atoms with Gasteiger partial charge in [-0.15, -0.1) is 0 Å². The summed E-state index contributed by atoms with van der Waals surface area (Å²) in [6.07, 6.45) is 4.34. The highest BCUT2D eigenvalue weighted by atomic mass is 16.2. The summed E-state index contributed by atoms with van der Waals surface area (Å²) in [6.45, 7) is 8.66. The Bertz CT molecular complexity index is 418. The lowest BCUT2D eigenvalue weighted by Gasteiger charge is -2.38. The Morgan fingerprint density at radius 1 is 1.04 bits per heavy atom. The molecule has 0 spiro atoms. The van der Waals surface area contributed by atoms with E-state index in [-0.39, 0.29) is 18.5 Å². The predicted molar refractivity (Wildman–Crippen MR) is 102 cm³/mol. The van der Waals surface area contributed by atoms with Crippen molar-refractivity contribution in [3.63, 3.8) is 0 Å². The van der Waals surface area contributed by atoms with Gasteiger partial charge in [-0.25, -0.2) is 4.79 Å². The van der Waals surface area contributed by atoms with Gasteiger partial charge in [0.25, 0.3) is 0 Å². The molecule has 2 fully saturated rings. The predicted octanol–water partition coefficient (Wildman–Crippen LogP) is 0.843. The first kappa shape index (κ1) is 20.4. The highest BCUT2D eigenvalue weighted by Gasteiger charge is 2.28. The smallest absolute Gasteiger partial charge is 0.317 e. The summed E-state index contributed by atoms with van der Waals surface area (Å²) in [4.78, 5) is 14.5. The van der Waals surface area contributed by atoms with Crippen molar-refractivity contribution in [2.24, 2.45) is 11.8 Å². The van der Waals surface area contributed by atoms with Gasteiger partial charge >= 0.3 is 6.03 Å². The zero-order chi connectivity index (χ0) is 18.4. The highest BCUT2D eigenvalue weighted by Crippen LogP contribution is 2.29. The molecule has 6 unspecified atom stereocenters. The van der Waals surface area contributed by atoms with Gasteiger partial charge in [-0.1, -0.05) is 13.8 Å². The summed E-state index contributed by atoms with van der Waals surface area (Å²) < 4.78 is 0. The van der Waals surface area contributed by atoms with Gasteiger partial charge in [0.05, 0.1) is 6.17 Å². The van der Waals surface area contributed by atoms with Crippen molar-refractivity contribution in [3.8, 4) is 0 Å². The highest BCUT2D eigenvalue weighted by molar-refractivity contribution is 5.74. The van der Waals surface area contributed by atoms with Crippen molar-refractivity contribution in [2.45, 2.75) is 71.0 Å². The van der Waals surface area contributed by atoms with Gasteiger partial charge < -0.3 is 20.9 Å². The summed E-state index contributed by atoms with van der Waals surface area (Å²) in [5.41, 5.74) is 0. The summed E-state index contributed by atoms with van der Waals surface area (Å²) >= 11 is 0. The van der Waals surface area contributed by atoms with Gasteiger partial charge in [-0.3, -0.25) is 10.6 Å². The number of hydrogen-bond acceptors (Lipinski definition) is 5. The number of likely N-dealkylation sites (N-methyl/N-ethyl adjacent to an activating group) is 1. The second-order valence-electron chi connectivity index (χ2n) is 8.30. The van der Waals surface area contributed by atoms with E-state index in [0.717, 1.165) is 38.3 Å². The van der Waals surface area contributed by atoms with Crippen LogP contribution in [0.25, 0.3) is 0 Å². The molecular weight excluding hydrogens is 316 g/mol. The normalized spacial score (nSPS) is 36.2. The Morgan fingerprint density at radius 2 is 1.80 bits per heavy atom. The van der Waals surface area contributed by atoms with E-state index >= 15 is 0 Å². The van der Waals surface area contributed by atoms with Crippen molar-refractivity contribution in [1.82, 2.24) is 31.5 Å². The molecule has 2 aliphatic rings. The summed E-state index contributed by atoms with van der Waals surface area (Å²) in [5, 5.41) is 16.5. The topological polar surface area (TPSA) is 80.5 Å². The third-order valence-electron chi connectivity index (χ3n) is 5.57. The standard InChI is InChI=1S/C18H38N6O/c1-12-6-7-15(10-13(12)2)21-18(25)23-17-20-14(3)11-16(22-17)19-8-9-24(4)5/h12-17,19-20,22H,6-11H2,1-5H3,(H2,21,23,25). The molecule has 1 saturated carbocycles. The van der Waals surface area contributed by atoms with E-state index in [1.807, 2.05) is 0 Å². The van der Waals surface area contributed by atoms with Crippen molar-refractivity contribution in [3.05, 3.63) is 0 Å². The molecule has 1 saturated heterocycles. The average Bonchev–Trinajstić information content (AvgIpc) is 2.50. The maximum absolute atomic E-state index is 12.4. The van der Waals surface area contributed by atoms with Crippen LogP contribution in [0.3, 0.4) is 0 Å². The largest absolute Gasteiger partial charge is 0.335 e. The van der Waals surface area contributed by atoms with E-state index in [2.05, 4.69) is 66.4 Å². The second-order valence-corrected chi connectivity index (χ2v) is 8.30. The number of carbonyl (C=O) groups excluding carboxylic acids is 1. The molecule has 7 nitrogen and oxygen atoms in total. The van der Waals surface area contributed by atoms with Crippen LogP contribution in [0.15, 0.2) is 0 Å². The van der Waals surface area contributed by atoms with Gasteiger partial charge in [0.2, 0.25) is 0 Å². The molecule has 0 aromatic carbocycles. The minimum absolute atomic E-state index is 0.0853. The first-order valence-electron chi connectivity index (χ1n) is 9.80. The molecule has 5 N–H and O–H groups in total. The maximum Gasteiger partial charge on any atom is 0.317 e. The molecule has 1 aliphatic carbocycles. The molecule has 2 rings (SSSR count). The van der Waals surface area contributed by atoms with Gasteiger partial charge in [-0.2, -0.15) is 0 Å². The van der Waals surface area contributed by atoms with E-state index in [4.69, 9.17) is 0 Å². The Kier molecular flexibility index (Phi) is 7.93. The molecule has 6 atom stereocenters. The molecular formula is C18H38N6O. The lowest BCUT2D eigenvalue weighted by Crippen LogP contribution is -2.68. The van der Waals surface area contributed by atoms with Crippen LogP contribution in [-0.2, 0) is 0 Å². The minimum Gasteiger partial charge on any atom is -0.335 e. The molecule has 146 valence electrons. The van der Waals surface area contributed by atoms with E-state index in [1.165, 1.54) is 6.42 Å². The monoisotopic (exact) mass is 354 g/mol. The van der Waals surface area contributed by atoms with Crippen LogP contribution in [0.4, 0.5) is 4.79 Å². The Labute approximate surface area is 153 Å². The molecule has 0 bridgehead atoms. The number of urea groups is 1. The van der Waals surface area contributed by atoms with Crippen molar-refractivity contribution < 1.29 is 4.79 Å². The molecule has 25 heavy (non-hydrogen) atoms. The average molecular weight is 355 g/mol. The number of amides is 2. The Hall–Kier alpha value is -0.890. The van der Waals surface area contributed by atoms with E-state index in [1.54, 1.807) is 0 Å². The zero-order valence-electron chi connectivity index (χ0n) is 16.6. The molecule has 1 heterocycles. The van der Waals surface area contributed by atoms with E-state index in [9.17, 15) is 4.79 Å². The zero-order valence-corrected chi connectivity index (χ0v) is 16.6. The first-order chi connectivity index (χ1) is 11.8. The quantitative estimate of drug-likeness (QED) is 0.488. The van der Waals surface area contributed by atoms with Crippen LogP contribution in [0, 0.1) is 11.8 Å². The van der Waals surface area contributed by atoms with Gasteiger partial charge in [-0.05, 0) is 58.5 Å². The van der Waals surface area contributed by atoms with Crippen LogP contribution >= 0.6 is 0 Å². The number of rotatable bonds is 6. The van der Waals surface area contributed by atoms with Crippen LogP contribution in [0.2, 0.25) is 0 Å². The third kappa shape index (κ3) is 7.09. The lowest BCUT2D eigenvalue weighted by atomic mass is 9.79. The number of nitrogens with one attached hydrogen (secondary N) is 5. The lowest BCUT2D eigenvalue weighted by molar-refractivity contribution is 0.177. The van der Waals surface area contributed by atoms with Gasteiger partial charge in [0, 0.05) is 25.2 Å². The fourth-order valence-corrected chi connectivity index (χ4v) is 3.75. The molecule has 1 aliphatic heterocycles. The number of hydrogen-bond donors (Lipinski definition) is 5. The van der Waals surface area contributed by atoms with E-state index < -0.39 is 0 Å². The molecule has 2 amide bonds. The van der Waals surface area contributed by atoms with Gasteiger partial charge in [0.1, 0.15) is 6.29 Å². The molecule has 0 radical (unpaired) electrons. The summed E-state index contributed by atoms with van der Waals surface area (Å²) in [5.74, 6) is 1.44. The molecule has 7 heteroatoms. The summed E-state index contributed by atoms with van der Waals surface area (Å²) in [7, 11) is 4.14. The SMILES string of the molecule is CC1CC(NCCN(C)C)NC(NC(=O)NC2CCC(C)C(C)C2)N1. The first-order valence-corrected chi connectivity index (χ1v) is 9.80. The van der Waals surface area contributed by atoms with Crippen LogP contribution in [-0.4, -0.2) is 62.7 Å². The minimum atomic E-state index is -0.208. The molecule has 0 aromatic rings. The van der Waals surface area contributed by atoms with Crippen molar-refractivity contribution in [2.75, 3.05) is 27.2 Å². The molecule has 0 aromatic heterocycles. The fraction of sp³-hybridized carbons (Fsp3) is 0.944. The van der Waals surface area contributed by atoms with Crippen LogP contribution in [0.5, 0.6) is 0 Å². The van der Waals surface area contributed by atoms with Gasteiger partial charge in [0.15, 0.2) is 0 Å². The second kappa shape index (κ2) is 9.71. The summed E-state index contributed by atoms with van der Waals surface area (Å²) in [6, 6.07) is 0.554. The Balaban J connectivity index is 1.73. The third-order valence-corrected chi connectivity index (χ3v) is 5.57. The Morgan fingerprint density at radius 3 is 2.48 bits per heavy atom. The maximum atomic E-state index is 12.4. The number of nitrogens with zero attached hydrogens (tertiary/aromatic N) is 1. The fourth-order valence-electron chi connectivity index (χ4n) is 3.75. The van der Waals surface area contributed by atoms with Crippen LogP contribution < -0.4 is 26.6 Å². The van der Waals surface area contributed by atoms with Crippen molar-refractivity contribution in [1.29, 1.82) is 0 Å². The van der Waals surface area contributed by atoms with Crippen molar-refractivity contribution >= 4 is 6.03 Å². The number of carbonyl (C=O) groups is 1. The van der Waals surface area contributed by atoms with E-state index in [0.29, 0.717) is 18.0 Å². The van der Waals surface area contributed by atoms with Crippen LogP contribution in [0.1, 0.15) is 46.5 Å².